The second-order valence-corrected chi connectivity index (χ2v) is 7.89. The van der Waals surface area contributed by atoms with Crippen molar-refractivity contribution in [1.82, 2.24) is 25.6 Å². The molecule has 0 fully saturated rings. The topological polar surface area (TPSA) is 104 Å². The predicted molar refractivity (Wildman–Crippen MR) is 139 cm³/mol. The van der Waals surface area contributed by atoms with Crippen molar-refractivity contribution in [2.24, 2.45) is 4.99 Å². The van der Waals surface area contributed by atoms with Crippen LogP contribution in [0.3, 0.4) is 0 Å². The van der Waals surface area contributed by atoms with Gasteiger partial charge in [-0.25, -0.2) is 19.8 Å². The van der Waals surface area contributed by atoms with Crippen LogP contribution in [0.15, 0.2) is 41.5 Å². The number of ether oxygens (including phenoxy) is 1. The van der Waals surface area contributed by atoms with Crippen LogP contribution in [-0.4, -0.2) is 40.0 Å². The fourth-order valence-corrected chi connectivity index (χ4v) is 3.90. The fourth-order valence-electron chi connectivity index (χ4n) is 2.94. The summed E-state index contributed by atoms with van der Waals surface area (Å²) in [6, 6.07) is 9.93. The Labute approximate surface area is 209 Å². The Morgan fingerprint density at radius 2 is 2.03 bits per heavy atom. The van der Waals surface area contributed by atoms with E-state index >= 15 is 0 Å². The summed E-state index contributed by atoms with van der Waals surface area (Å²) in [6.07, 6.45) is 1.82. The van der Waals surface area contributed by atoms with E-state index in [-0.39, 0.29) is 36.0 Å². The molecule has 2 aromatic heterocycles. The minimum atomic E-state index is -0.330. The molecule has 0 bridgehead atoms. The van der Waals surface area contributed by atoms with Gasteiger partial charge in [0.25, 0.3) is 0 Å². The van der Waals surface area contributed by atoms with Crippen molar-refractivity contribution in [3.63, 3.8) is 0 Å². The highest BCUT2D eigenvalue weighted by Gasteiger charge is 2.20. The molecule has 0 radical (unpaired) electrons. The zero-order valence-corrected chi connectivity index (χ0v) is 21.8. The average Bonchev–Trinajstić information content (AvgIpc) is 3.40. The molecule has 3 rings (SSSR count). The van der Waals surface area contributed by atoms with Gasteiger partial charge in [-0.3, -0.25) is 0 Å². The Bertz CT molecular complexity index is 1030. The number of benzene rings is 1. The number of rotatable bonds is 8. The molecule has 0 saturated carbocycles. The number of guanidine groups is 1. The van der Waals surface area contributed by atoms with Gasteiger partial charge in [-0.1, -0.05) is 30.3 Å². The molecule has 3 aromatic rings. The van der Waals surface area contributed by atoms with E-state index < -0.39 is 0 Å². The van der Waals surface area contributed by atoms with Gasteiger partial charge in [0.1, 0.15) is 22.3 Å². The minimum Gasteiger partial charge on any atom is -0.462 e. The molecule has 2 heterocycles. The number of aromatic amines is 1. The molecule has 0 aliphatic heterocycles. The van der Waals surface area contributed by atoms with Gasteiger partial charge in [0.2, 0.25) is 0 Å². The van der Waals surface area contributed by atoms with Gasteiger partial charge in [0.05, 0.1) is 30.2 Å². The van der Waals surface area contributed by atoms with Crippen LogP contribution in [0.5, 0.6) is 0 Å². The zero-order valence-electron chi connectivity index (χ0n) is 18.6. The number of carbonyl (C=O) groups is 1. The zero-order chi connectivity index (χ0) is 22.2. The molecule has 10 heteroatoms. The summed E-state index contributed by atoms with van der Waals surface area (Å²) in [5, 5.41) is 7.39. The number of hydrogen-bond acceptors (Lipinski definition) is 6. The third-order valence-corrected chi connectivity index (χ3v) is 5.76. The van der Waals surface area contributed by atoms with Crippen LogP contribution >= 0.6 is 35.3 Å². The Kier molecular flexibility index (Phi) is 10.1. The lowest BCUT2D eigenvalue weighted by Gasteiger charge is -2.15. The quantitative estimate of drug-likeness (QED) is 0.161. The fraction of sp³-hybridized carbons (Fsp3) is 0.364. The maximum Gasteiger partial charge on any atom is 0.350 e. The highest BCUT2D eigenvalue weighted by Crippen LogP contribution is 2.24. The largest absolute Gasteiger partial charge is 0.462 e. The predicted octanol–water partition coefficient (Wildman–Crippen LogP) is 4.45. The number of carbonyl (C=O) groups excluding carboxylic acids is 1. The van der Waals surface area contributed by atoms with E-state index in [1.807, 2.05) is 57.3 Å². The second-order valence-electron chi connectivity index (χ2n) is 6.86. The molecule has 1 atom stereocenters. The summed E-state index contributed by atoms with van der Waals surface area (Å²) in [6.45, 7) is 9.07. The van der Waals surface area contributed by atoms with Crippen LogP contribution in [0.4, 0.5) is 0 Å². The van der Waals surface area contributed by atoms with E-state index in [4.69, 9.17) is 4.74 Å². The number of hydrogen-bond donors (Lipinski definition) is 3. The van der Waals surface area contributed by atoms with E-state index in [1.165, 1.54) is 11.3 Å². The van der Waals surface area contributed by atoms with E-state index in [9.17, 15) is 4.79 Å². The standard InChI is InChI=1S/C22H28N6O2S.HI/c1-5-23-22(25-13-18-24-12-17(28-18)16-10-8-7-9-11-16)27-15(4)20-26-14(3)19(31-20)21(29)30-6-2;/h7-12,15H,5-6,13H2,1-4H3,(H,24,28)(H2,23,25,27);1H. The third-order valence-electron chi connectivity index (χ3n) is 4.44. The highest BCUT2D eigenvalue weighted by molar-refractivity contribution is 14.0. The molecule has 3 N–H and O–H groups in total. The Balaban J connectivity index is 0.00000363. The number of imidazole rings is 1. The first-order chi connectivity index (χ1) is 15.0. The molecule has 1 unspecified atom stereocenters. The summed E-state index contributed by atoms with van der Waals surface area (Å²) < 4.78 is 5.11. The first-order valence-corrected chi connectivity index (χ1v) is 11.1. The van der Waals surface area contributed by atoms with Crippen LogP contribution < -0.4 is 10.6 Å². The Hall–Kier alpha value is -2.47. The SMILES string of the molecule is CCNC(=NCc1ncc(-c2ccccc2)[nH]1)NC(C)c1nc(C)c(C(=O)OCC)s1.I. The van der Waals surface area contributed by atoms with Gasteiger partial charge in [-0.05, 0) is 33.3 Å². The smallest absolute Gasteiger partial charge is 0.350 e. The van der Waals surface area contributed by atoms with Crippen molar-refractivity contribution in [2.75, 3.05) is 13.2 Å². The third kappa shape index (κ3) is 6.76. The molecule has 32 heavy (non-hydrogen) atoms. The van der Waals surface area contributed by atoms with Crippen molar-refractivity contribution in [1.29, 1.82) is 0 Å². The number of nitrogens with one attached hydrogen (secondary N) is 3. The summed E-state index contributed by atoms with van der Waals surface area (Å²) in [7, 11) is 0. The molecule has 0 saturated heterocycles. The lowest BCUT2D eigenvalue weighted by Crippen LogP contribution is -2.38. The van der Waals surface area contributed by atoms with Crippen LogP contribution in [0, 0.1) is 6.92 Å². The minimum absolute atomic E-state index is 0. The maximum absolute atomic E-state index is 12.1. The van der Waals surface area contributed by atoms with Gasteiger partial charge in [0.15, 0.2) is 5.96 Å². The number of esters is 1. The molecular weight excluding hydrogens is 539 g/mol. The first-order valence-electron chi connectivity index (χ1n) is 10.3. The van der Waals surface area contributed by atoms with Gasteiger partial charge in [-0.2, -0.15) is 0 Å². The van der Waals surface area contributed by atoms with Crippen LogP contribution in [0.1, 0.15) is 53.0 Å². The summed E-state index contributed by atoms with van der Waals surface area (Å²) in [5.41, 5.74) is 2.72. The second kappa shape index (κ2) is 12.5. The number of halogens is 1. The Morgan fingerprint density at radius 1 is 1.28 bits per heavy atom. The molecule has 0 spiro atoms. The first kappa shape index (κ1) is 25.8. The molecule has 0 aliphatic rings. The van der Waals surface area contributed by atoms with Crippen molar-refractivity contribution >= 4 is 47.2 Å². The van der Waals surface area contributed by atoms with Crippen LogP contribution in [0.25, 0.3) is 11.3 Å². The van der Waals surface area contributed by atoms with Crippen molar-refractivity contribution < 1.29 is 9.53 Å². The number of aromatic nitrogens is 3. The molecule has 8 nitrogen and oxygen atoms in total. The molecule has 172 valence electrons. The lowest BCUT2D eigenvalue weighted by molar-refractivity contribution is 0.0531. The molecular formula is C22H29IN6O2S. The van der Waals surface area contributed by atoms with E-state index in [1.54, 1.807) is 6.92 Å². The van der Waals surface area contributed by atoms with Gasteiger partial charge < -0.3 is 20.4 Å². The van der Waals surface area contributed by atoms with Crippen LogP contribution in [-0.2, 0) is 11.3 Å². The molecule has 0 aliphatic carbocycles. The average molecular weight is 568 g/mol. The van der Waals surface area contributed by atoms with Crippen molar-refractivity contribution in [2.45, 2.75) is 40.3 Å². The molecule has 1 aromatic carbocycles. The van der Waals surface area contributed by atoms with Gasteiger partial charge in [-0.15, -0.1) is 35.3 Å². The summed E-state index contributed by atoms with van der Waals surface area (Å²) in [4.78, 5) is 29.5. The number of H-pyrrole nitrogens is 1. The number of aryl methyl sites for hydroxylation is 1. The summed E-state index contributed by atoms with van der Waals surface area (Å²) >= 11 is 1.34. The van der Waals surface area contributed by atoms with Crippen LogP contribution in [0.2, 0.25) is 0 Å². The molecule has 0 amide bonds. The Morgan fingerprint density at radius 3 is 2.72 bits per heavy atom. The summed E-state index contributed by atoms with van der Waals surface area (Å²) in [5.74, 6) is 1.10. The number of aliphatic imine (C=N–C) groups is 1. The lowest BCUT2D eigenvalue weighted by atomic mass is 10.2. The maximum atomic E-state index is 12.1. The van der Waals surface area contributed by atoms with Crippen molar-refractivity contribution in [3.8, 4) is 11.3 Å². The highest BCUT2D eigenvalue weighted by atomic mass is 127. The van der Waals surface area contributed by atoms with E-state index in [2.05, 4.69) is 30.6 Å². The van der Waals surface area contributed by atoms with Gasteiger partial charge in [0, 0.05) is 6.54 Å². The number of thiazole rings is 1. The monoisotopic (exact) mass is 568 g/mol. The van der Waals surface area contributed by atoms with E-state index in [0.29, 0.717) is 29.7 Å². The number of nitrogens with zero attached hydrogens (tertiary/aromatic N) is 3. The van der Waals surface area contributed by atoms with Gasteiger partial charge >= 0.3 is 5.97 Å². The normalized spacial score (nSPS) is 12.1. The van der Waals surface area contributed by atoms with E-state index in [0.717, 1.165) is 28.6 Å². The van der Waals surface area contributed by atoms with Crippen molar-refractivity contribution in [3.05, 3.63) is 57.9 Å².